The molecule has 0 aliphatic heterocycles. The lowest BCUT2D eigenvalue weighted by Gasteiger charge is -2.01. The van der Waals surface area contributed by atoms with E-state index in [1.165, 1.54) is 5.56 Å². The Morgan fingerprint density at radius 2 is 1.89 bits per heavy atom. The molecule has 0 spiro atoms. The first-order valence-electron chi connectivity index (χ1n) is 6.04. The maximum Gasteiger partial charge on any atom is 0.137 e. The van der Waals surface area contributed by atoms with Gasteiger partial charge in [0.15, 0.2) is 0 Å². The number of hydrogen-bond donors (Lipinski definition) is 1. The summed E-state index contributed by atoms with van der Waals surface area (Å²) in [7, 11) is 1.66. The molecular weight excluding hydrogens is 240 g/mol. The van der Waals surface area contributed by atoms with Crippen molar-refractivity contribution in [3.8, 4) is 11.5 Å². The summed E-state index contributed by atoms with van der Waals surface area (Å²) in [4.78, 5) is 4.51. The van der Waals surface area contributed by atoms with Crippen molar-refractivity contribution in [1.29, 1.82) is 0 Å². The summed E-state index contributed by atoms with van der Waals surface area (Å²) in [6.45, 7) is 0. The smallest absolute Gasteiger partial charge is 0.137 e. The molecular formula is C15H14N2O2. The molecule has 0 radical (unpaired) electrons. The minimum absolute atomic E-state index is 0.237. The zero-order valence-electron chi connectivity index (χ0n) is 10.6. The highest BCUT2D eigenvalue weighted by Crippen LogP contribution is 2.16. The van der Waals surface area contributed by atoms with Crippen molar-refractivity contribution in [3.63, 3.8) is 0 Å². The van der Waals surface area contributed by atoms with Crippen LogP contribution >= 0.6 is 0 Å². The summed E-state index contributed by atoms with van der Waals surface area (Å²) in [6.07, 6.45) is 4.34. The van der Waals surface area contributed by atoms with Gasteiger partial charge in [-0.05, 0) is 29.8 Å². The van der Waals surface area contributed by atoms with Crippen LogP contribution in [0, 0.1) is 0 Å². The summed E-state index contributed by atoms with van der Waals surface area (Å²) in [6, 6.07) is 11.4. The van der Waals surface area contributed by atoms with Crippen molar-refractivity contribution in [2.45, 2.75) is 6.42 Å². The highest BCUT2D eigenvalue weighted by Gasteiger charge is 2.03. The summed E-state index contributed by atoms with van der Waals surface area (Å²) in [5.41, 5.74) is 2.98. The van der Waals surface area contributed by atoms with E-state index >= 15 is 0 Å². The van der Waals surface area contributed by atoms with Gasteiger partial charge in [-0.3, -0.25) is 0 Å². The molecule has 0 aliphatic rings. The van der Waals surface area contributed by atoms with E-state index < -0.39 is 0 Å². The van der Waals surface area contributed by atoms with E-state index in [1.807, 2.05) is 34.9 Å². The van der Waals surface area contributed by atoms with Crippen LogP contribution in [0.5, 0.6) is 11.5 Å². The molecule has 0 unspecified atom stereocenters. The van der Waals surface area contributed by atoms with E-state index in [1.54, 1.807) is 25.4 Å². The quantitative estimate of drug-likeness (QED) is 0.781. The van der Waals surface area contributed by atoms with Crippen molar-refractivity contribution in [1.82, 2.24) is 9.38 Å². The van der Waals surface area contributed by atoms with Gasteiger partial charge in [0.1, 0.15) is 17.1 Å². The molecule has 2 heterocycles. The first-order chi connectivity index (χ1) is 9.24. The van der Waals surface area contributed by atoms with Crippen molar-refractivity contribution < 1.29 is 9.84 Å². The molecule has 0 atom stereocenters. The molecule has 0 fully saturated rings. The molecule has 3 aromatic rings. The van der Waals surface area contributed by atoms with Gasteiger partial charge in [-0.15, -0.1) is 0 Å². The number of nitrogens with zero attached hydrogens (tertiary/aromatic N) is 2. The average Bonchev–Trinajstić information content (AvgIpc) is 2.81. The van der Waals surface area contributed by atoms with Crippen LogP contribution in [0.1, 0.15) is 11.3 Å². The van der Waals surface area contributed by atoms with E-state index in [9.17, 15) is 5.11 Å². The largest absolute Gasteiger partial charge is 0.506 e. The number of hydrogen-bond acceptors (Lipinski definition) is 3. The Morgan fingerprint density at radius 1 is 1.11 bits per heavy atom. The predicted molar refractivity (Wildman–Crippen MR) is 72.7 cm³/mol. The number of rotatable bonds is 3. The van der Waals surface area contributed by atoms with E-state index in [2.05, 4.69) is 4.98 Å². The Kier molecular flexibility index (Phi) is 2.83. The zero-order valence-corrected chi connectivity index (χ0v) is 10.6. The minimum atomic E-state index is 0.237. The normalized spacial score (nSPS) is 10.8. The van der Waals surface area contributed by atoms with Crippen molar-refractivity contribution in [2.24, 2.45) is 0 Å². The van der Waals surface area contributed by atoms with Gasteiger partial charge in [0, 0.05) is 12.6 Å². The monoisotopic (exact) mass is 254 g/mol. The average molecular weight is 254 g/mol. The van der Waals surface area contributed by atoms with E-state index in [0.29, 0.717) is 0 Å². The van der Waals surface area contributed by atoms with E-state index in [0.717, 1.165) is 23.5 Å². The van der Waals surface area contributed by atoms with Crippen LogP contribution < -0.4 is 4.74 Å². The number of pyridine rings is 1. The second kappa shape index (κ2) is 4.65. The molecule has 0 aliphatic carbocycles. The molecule has 0 bridgehead atoms. The third kappa shape index (κ3) is 2.38. The molecule has 1 N–H and O–H groups in total. The Hall–Kier alpha value is -2.49. The van der Waals surface area contributed by atoms with E-state index in [4.69, 9.17) is 4.74 Å². The van der Waals surface area contributed by atoms with Gasteiger partial charge in [0.05, 0.1) is 19.0 Å². The number of imidazole rings is 1. The molecule has 2 aromatic heterocycles. The maximum atomic E-state index is 9.42. The Balaban J connectivity index is 1.87. The van der Waals surface area contributed by atoms with Crippen LogP contribution in [0.25, 0.3) is 5.65 Å². The molecule has 19 heavy (non-hydrogen) atoms. The second-order valence-corrected chi connectivity index (χ2v) is 4.41. The van der Waals surface area contributed by atoms with Crippen LogP contribution in [-0.4, -0.2) is 21.6 Å². The van der Waals surface area contributed by atoms with Gasteiger partial charge in [0.25, 0.3) is 0 Å². The van der Waals surface area contributed by atoms with Gasteiger partial charge < -0.3 is 14.2 Å². The number of aromatic hydroxyl groups is 1. The lowest BCUT2D eigenvalue weighted by molar-refractivity contribution is 0.414. The summed E-state index contributed by atoms with van der Waals surface area (Å²) >= 11 is 0. The summed E-state index contributed by atoms with van der Waals surface area (Å²) < 4.78 is 6.96. The molecule has 0 saturated heterocycles. The van der Waals surface area contributed by atoms with Crippen LogP contribution in [0.4, 0.5) is 0 Å². The molecule has 0 saturated carbocycles. The maximum absolute atomic E-state index is 9.42. The fourth-order valence-corrected chi connectivity index (χ4v) is 2.07. The van der Waals surface area contributed by atoms with Crippen molar-refractivity contribution >= 4 is 5.65 Å². The first kappa shape index (κ1) is 11.6. The van der Waals surface area contributed by atoms with E-state index in [-0.39, 0.29) is 5.75 Å². The zero-order chi connectivity index (χ0) is 13.2. The summed E-state index contributed by atoms with van der Waals surface area (Å²) in [5, 5.41) is 9.42. The topological polar surface area (TPSA) is 46.8 Å². The number of fused-ring (bicyclic) bond motifs is 1. The lowest BCUT2D eigenvalue weighted by atomic mass is 10.1. The molecule has 4 nitrogen and oxygen atoms in total. The second-order valence-electron chi connectivity index (χ2n) is 4.41. The Morgan fingerprint density at radius 3 is 2.63 bits per heavy atom. The fraction of sp³-hybridized carbons (Fsp3) is 0.133. The third-order valence-electron chi connectivity index (χ3n) is 3.03. The number of ether oxygens (including phenoxy) is 1. The molecule has 4 heteroatoms. The van der Waals surface area contributed by atoms with Gasteiger partial charge in [-0.1, -0.05) is 12.1 Å². The molecule has 1 aromatic carbocycles. The number of benzene rings is 1. The lowest BCUT2D eigenvalue weighted by Crippen LogP contribution is -1.89. The fourth-order valence-electron chi connectivity index (χ4n) is 2.07. The van der Waals surface area contributed by atoms with Gasteiger partial charge in [0.2, 0.25) is 0 Å². The summed E-state index contributed by atoms with van der Waals surface area (Å²) in [5.74, 6) is 1.09. The van der Waals surface area contributed by atoms with Crippen LogP contribution in [0.2, 0.25) is 0 Å². The van der Waals surface area contributed by atoms with Gasteiger partial charge >= 0.3 is 0 Å². The Labute approximate surface area is 110 Å². The SMILES string of the molecule is COc1ccc(Cc2cn3cc(O)ccc3n2)cc1. The van der Waals surface area contributed by atoms with Gasteiger partial charge in [-0.25, -0.2) is 4.98 Å². The van der Waals surface area contributed by atoms with Crippen LogP contribution in [0.15, 0.2) is 48.8 Å². The predicted octanol–water partition coefficient (Wildman–Crippen LogP) is 2.64. The standard InChI is InChI=1S/C15H14N2O2/c1-19-14-5-2-11(3-6-14)8-12-9-17-10-13(18)4-7-15(17)16-12/h2-7,9-10,18H,8H2,1H3. The Bertz CT molecular complexity index is 702. The van der Waals surface area contributed by atoms with Crippen molar-refractivity contribution in [3.05, 3.63) is 60.0 Å². The number of aromatic nitrogens is 2. The molecule has 3 rings (SSSR count). The molecule has 0 amide bonds. The van der Waals surface area contributed by atoms with Gasteiger partial charge in [-0.2, -0.15) is 0 Å². The van der Waals surface area contributed by atoms with Crippen LogP contribution in [0.3, 0.4) is 0 Å². The van der Waals surface area contributed by atoms with Crippen LogP contribution in [-0.2, 0) is 6.42 Å². The third-order valence-corrected chi connectivity index (χ3v) is 3.03. The minimum Gasteiger partial charge on any atom is -0.506 e. The highest BCUT2D eigenvalue weighted by molar-refractivity contribution is 5.43. The number of methoxy groups -OCH3 is 1. The van der Waals surface area contributed by atoms with Crippen molar-refractivity contribution in [2.75, 3.05) is 7.11 Å². The molecule has 96 valence electrons. The first-order valence-corrected chi connectivity index (χ1v) is 6.04. The highest BCUT2D eigenvalue weighted by atomic mass is 16.5.